The van der Waals surface area contributed by atoms with E-state index in [0.29, 0.717) is 24.5 Å². The maximum atomic E-state index is 12.5. The molecule has 0 spiro atoms. The average Bonchev–Trinajstić information content (AvgIpc) is 2.73. The van der Waals surface area contributed by atoms with Crippen LogP contribution in [0.25, 0.3) is 0 Å². The van der Waals surface area contributed by atoms with Crippen LogP contribution in [0.3, 0.4) is 0 Å². The number of carbonyl (C=O) groups is 1. The van der Waals surface area contributed by atoms with E-state index in [1.165, 1.54) is 0 Å². The van der Waals surface area contributed by atoms with Gasteiger partial charge in [-0.05, 0) is 54.7 Å². The topological polar surface area (TPSA) is 82.2 Å². The number of nitrogens with zero attached hydrogens (tertiary/aromatic N) is 3. The van der Waals surface area contributed by atoms with Gasteiger partial charge in [-0.25, -0.2) is 9.78 Å². The Morgan fingerprint density at radius 2 is 1.81 bits per heavy atom. The van der Waals surface area contributed by atoms with E-state index in [9.17, 15) is 4.79 Å². The van der Waals surface area contributed by atoms with Crippen molar-refractivity contribution in [2.45, 2.75) is 57.9 Å². The maximum Gasteiger partial charge on any atom is 0.319 e. The van der Waals surface area contributed by atoms with Crippen LogP contribution in [0.2, 0.25) is 0 Å². The van der Waals surface area contributed by atoms with Gasteiger partial charge in [0, 0.05) is 38.6 Å². The molecule has 0 radical (unpaired) electrons. The lowest BCUT2D eigenvalue weighted by atomic mass is 9.85. The molecule has 3 N–H and O–H groups in total. The number of hydrogen-bond acceptors (Lipinski definition) is 5. The van der Waals surface area contributed by atoms with E-state index in [0.717, 1.165) is 42.8 Å². The second-order valence-corrected chi connectivity index (χ2v) is 9.63. The SMILES string of the molecule is CN(C)c1ccnc(N[C@H]2CC[C@@H](CNC(=O)Nc3ccccc3C(C)(C)C)CC2)n1. The zero-order valence-electron chi connectivity index (χ0n) is 19.4. The second kappa shape index (κ2) is 9.98. The molecule has 0 saturated heterocycles. The quantitative estimate of drug-likeness (QED) is 0.630. The first-order chi connectivity index (χ1) is 14.7. The van der Waals surface area contributed by atoms with E-state index in [-0.39, 0.29) is 11.4 Å². The number of nitrogens with one attached hydrogen (secondary N) is 3. The summed E-state index contributed by atoms with van der Waals surface area (Å²) in [7, 11) is 3.95. The summed E-state index contributed by atoms with van der Waals surface area (Å²) in [5, 5.41) is 9.56. The van der Waals surface area contributed by atoms with Gasteiger partial charge in [-0.2, -0.15) is 4.98 Å². The Balaban J connectivity index is 1.44. The predicted molar refractivity (Wildman–Crippen MR) is 128 cm³/mol. The molecule has 2 aromatic rings. The number of hydrogen-bond donors (Lipinski definition) is 3. The Morgan fingerprint density at radius 1 is 1.10 bits per heavy atom. The Bertz CT molecular complexity index is 868. The third-order valence-electron chi connectivity index (χ3n) is 5.81. The molecule has 1 saturated carbocycles. The molecule has 1 aliphatic carbocycles. The second-order valence-electron chi connectivity index (χ2n) is 9.63. The number of rotatable bonds is 6. The van der Waals surface area contributed by atoms with Crippen LogP contribution in [-0.2, 0) is 5.41 Å². The van der Waals surface area contributed by atoms with Crippen LogP contribution in [0.15, 0.2) is 36.5 Å². The highest BCUT2D eigenvalue weighted by Crippen LogP contribution is 2.29. The predicted octanol–water partition coefficient (Wildman–Crippen LogP) is 4.63. The molecule has 1 aromatic heterocycles. The Labute approximate surface area is 186 Å². The van der Waals surface area contributed by atoms with Crippen LogP contribution < -0.4 is 20.9 Å². The summed E-state index contributed by atoms with van der Waals surface area (Å²) in [6.07, 6.45) is 6.04. The maximum absolute atomic E-state index is 12.5. The van der Waals surface area contributed by atoms with Gasteiger partial charge in [-0.15, -0.1) is 0 Å². The fraction of sp³-hybridized carbons (Fsp3) is 0.542. The Hall–Kier alpha value is -2.83. The van der Waals surface area contributed by atoms with Crippen molar-refractivity contribution in [3.05, 3.63) is 42.1 Å². The third kappa shape index (κ3) is 6.57. The lowest BCUT2D eigenvalue weighted by Gasteiger charge is -2.29. The van der Waals surface area contributed by atoms with Crippen LogP contribution >= 0.6 is 0 Å². The highest BCUT2D eigenvalue weighted by atomic mass is 16.2. The van der Waals surface area contributed by atoms with Gasteiger partial charge in [-0.1, -0.05) is 39.0 Å². The largest absolute Gasteiger partial charge is 0.363 e. The van der Waals surface area contributed by atoms with Gasteiger partial charge in [0.25, 0.3) is 0 Å². The van der Waals surface area contributed by atoms with Crippen molar-refractivity contribution in [2.24, 2.45) is 5.92 Å². The summed E-state index contributed by atoms with van der Waals surface area (Å²) in [6.45, 7) is 7.15. The Kier molecular flexibility index (Phi) is 7.36. The minimum atomic E-state index is -0.133. The van der Waals surface area contributed by atoms with Gasteiger partial charge in [0.05, 0.1) is 0 Å². The van der Waals surface area contributed by atoms with Crippen molar-refractivity contribution in [3.8, 4) is 0 Å². The van der Waals surface area contributed by atoms with Gasteiger partial charge in [-0.3, -0.25) is 0 Å². The van der Waals surface area contributed by atoms with Gasteiger partial charge < -0.3 is 20.9 Å². The lowest BCUT2D eigenvalue weighted by Crippen LogP contribution is -2.36. The molecule has 1 heterocycles. The van der Waals surface area contributed by atoms with Crippen molar-refractivity contribution in [2.75, 3.05) is 36.2 Å². The fourth-order valence-corrected chi connectivity index (χ4v) is 4.01. The molecule has 0 unspecified atom stereocenters. The summed E-state index contributed by atoms with van der Waals surface area (Å²) >= 11 is 0. The number of benzene rings is 1. The average molecular weight is 425 g/mol. The standard InChI is InChI=1S/C24H36N6O/c1-24(2,3)19-8-6-7-9-20(19)28-23(31)26-16-17-10-12-18(13-11-17)27-22-25-15-14-21(29-22)30(4)5/h6-9,14-15,17-18H,10-13,16H2,1-5H3,(H,25,27,29)(H2,26,28,31)/t17-,18+. The van der Waals surface area contributed by atoms with Crippen molar-refractivity contribution in [1.29, 1.82) is 0 Å². The molecule has 2 amide bonds. The molecule has 0 atom stereocenters. The van der Waals surface area contributed by atoms with Gasteiger partial charge in [0.1, 0.15) is 5.82 Å². The number of para-hydroxylation sites is 1. The minimum absolute atomic E-state index is 0.0228. The van der Waals surface area contributed by atoms with Crippen LogP contribution in [0.4, 0.5) is 22.2 Å². The molecular weight excluding hydrogens is 388 g/mol. The zero-order chi connectivity index (χ0) is 22.4. The van der Waals surface area contributed by atoms with Crippen molar-refractivity contribution in [3.63, 3.8) is 0 Å². The Morgan fingerprint density at radius 3 is 2.48 bits per heavy atom. The molecule has 0 bridgehead atoms. The number of carbonyl (C=O) groups excluding carboxylic acids is 1. The summed E-state index contributed by atoms with van der Waals surface area (Å²) in [4.78, 5) is 23.3. The van der Waals surface area contributed by atoms with Gasteiger partial charge >= 0.3 is 6.03 Å². The van der Waals surface area contributed by atoms with Crippen LogP contribution in [0.5, 0.6) is 0 Å². The van der Waals surface area contributed by atoms with E-state index < -0.39 is 0 Å². The summed E-state index contributed by atoms with van der Waals surface area (Å²) < 4.78 is 0. The number of anilines is 3. The normalized spacial score (nSPS) is 18.9. The number of amides is 2. The highest BCUT2D eigenvalue weighted by Gasteiger charge is 2.23. The molecule has 1 aliphatic rings. The van der Waals surface area contributed by atoms with Gasteiger partial charge in [0.15, 0.2) is 0 Å². The summed E-state index contributed by atoms with van der Waals surface area (Å²) in [5.74, 6) is 2.08. The molecule has 7 heteroatoms. The first-order valence-corrected chi connectivity index (χ1v) is 11.1. The van der Waals surface area contributed by atoms with Crippen LogP contribution in [0.1, 0.15) is 52.0 Å². The monoisotopic (exact) mass is 424 g/mol. The number of aromatic nitrogens is 2. The summed E-state index contributed by atoms with van der Waals surface area (Å²) in [5.41, 5.74) is 1.99. The third-order valence-corrected chi connectivity index (χ3v) is 5.81. The lowest BCUT2D eigenvalue weighted by molar-refractivity contribution is 0.246. The molecule has 1 aromatic carbocycles. The first-order valence-electron chi connectivity index (χ1n) is 11.1. The molecule has 1 fully saturated rings. The smallest absolute Gasteiger partial charge is 0.319 e. The molecule has 0 aliphatic heterocycles. The van der Waals surface area contributed by atoms with E-state index >= 15 is 0 Å². The van der Waals surface area contributed by atoms with E-state index in [1.807, 2.05) is 43.3 Å². The minimum Gasteiger partial charge on any atom is -0.363 e. The van der Waals surface area contributed by atoms with Crippen molar-refractivity contribution < 1.29 is 4.79 Å². The van der Waals surface area contributed by atoms with Crippen LogP contribution in [0, 0.1) is 5.92 Å². The van der Waals surface area contributed by atoms with E-state index in [2.05, 4.69) is 52.8 Å². The number of urea groups is 1. The molecule has 7 nitrogen and oxygen atoms in total. The van der Waals surface area contributed by atoms with Gasteiger partial charge in [0.2, 0.25) is 5.95 Å². The van der Waals surface area contributed by atoms with Crippen LogP contribution in [-0.4, -0.2) is 42.7 Å². The first kappa shape index (κ1) is 22.8. The van der Waals surface area contributed by atoms with Crippen molar-refractivity contribution >= 4 is 23.5 Å². The zero-order valence-corrected chi connectivity index (χ0v) is 19.4. The van der Waals surface area contributed by atoms with E-state index in [4.69, 9.17) is 0 Å². The summed E-state index contributed by atoms with van der Waals surface area (Å²) in [6, 6.07) is 10.1. The fourth-order valence-electron chi connectivity index (χ4n) is 4.01. The van der Waals surface area contributed by atoms with Crippen molar-refractivity contribution in [1.82, 2.24) is 15.3 Å². The highest BCUT2D eigenvalue weighted by molar-refractivity contribution is 5.90. The molecule has 168 valence electrons. The van der Waals surface area contributed by atoms with E-state index in [1.54, 1.807) is 6.20 Å². The molecule has 31 heavy (non-hydrogen) atoms. The molecular formula is C24H36N6O. The molecule has 3 rings (SSSR count).